The summed E-state index contributed by atoms with van der Waals surface area (Å²) in [6, 6.07) is -0.214. The lowest BCUT2D eigenvalue weighted by atomic mass is 10.1. The zero-order valence-electron chi connectivity index (χ0n) is 10.2. The Labute approximate surface area is 107 Å². The molecule has 1 unspecified atom stereocenters. The molecule has 0 spiro atoms. The molecule has 2 aromatic heterocycles. The van der Waals surface area contributed by atoms with E-state index in [4.69, 9.17) is 10.3 Å². The fourth-order valence-electron chi connectivity index (χ4n) is 1.77. The Morgan fingerprint density at radius 2 is 2.17 bits per heavy atom. The molecule has 0 fully saturated rings. The van der Waals surface area contributed by atoms with Crippen LogP contribution in [0.4, 0.5) is 5.13 Å². The van der Waals surface area contributed by atoms with Crippen molar-refractivity contribution in [3.63, 3.8) is 0 Å². The van der Waals surface area contributed by atoms with Gasteiger partial charge in [0.2, 0.25) is 10.1 Å². The Hall–Kier alpha value is -1.96. The standard InChI is InChI=1S/C10H13N5O2S/c1-4(7-5(2)15-17-6(7)3)12-8(16)9-13-14-10(11)18-9/h4H,1-3H3,(H2,11,14)(H,12,16). The van der Waals surface area contributed by atoms with Gasteiger partial charge in [0.05, 0.1) is 11.7 Å². The third-order valence-electron chi connectivity index (χ3n) is 2.50. The molecule has 1 amide bonds. The molecule has 0 bridgehead atoms. The highest BCUT2D eigenvalue weighted by Gasteiger charge is 2.20. The van der Waals surface area contributed by atoms with Crippen molar-refractivity contribution in [3.8, 4) is 0 Å². The first-order valence-corrected chi connectivity index (χ1v) is 6.13. The summed E-state index contributed by atoms with van der Waals surface area (Å²) in [7, 11) is 0. The van der Waals surface area contributed by atoms with Crippen LogP contribution in [0.25, 0.3) is 0 Å². The molecule has 2 heterocycles. The number of hydrogen-bond donors (Lipinski definition) is 2. The smallest absolute Gasteiger partial charge is 0.282 e. The van der Waals surface area contributed by atoms with E-state index in [0.29, 0.717) is 5.76 Å². The minimum Gasteiger partial charge on any atom is -0.374 e. The van der Waals surface area contributed by atoms with Crippen LogP contribution in [0.3, 0.4) is 0 Å². The summed E-state index contributed by atoms with van der Waals surface area (Å²) in [5, 5.41) is 14.5. The van der Waals surface area contributed by atoms with E-state index in [1.165, 1.54) is 0 Å². The average molecular weight is 267 g/mol. The van der Waals surface area contributed by atoms with Crippen molar-refractivity contribution in [3.05, 3.63) is 22.0 Å². The van der Waals surface area contributed by atoms with Crippen molar-refractivity contribution in [2.75, 3.05) is 5.73 Å². The number of hydrogen-bond acceptors (Lipinski definition) is 7. The van der Waals surface area contributed by atoms with Gasteiger partial charge in [0.15, 0.2) is 0 Å². The third kappa shape index (κ3) is 2.33. The van der Waals surface area contributed by atoms with Gasteiger partial charge >= 0.3 is 0 Å². The van der Waals surface area contributed by atoms with Gasteiger partial charge in [0.1, 0.15) is 5.76 Å². The van der Waals surface area contributed by atoms with Crippen LogP contribution < -0.4 is 11.1 Å². The molecule has 0 aliphatic heterocycles. The number of nitrogens with two attached hydrogens (primary N) is 1. The van der Waals surface area contributed by atoms with E-state index in [0.717, 1.165) is 22.6 Å². The van der Waals surface area contributed by atoms with Crippen LogP contribution in [0.1, 0.15) is 39.8 Å². The first-order chi connectivity index (χ1) is 8.49. The fourth-order valence-corrected chi connectivity index (χ4v) is 2.28. The highest BCUT2D eigenvalue weighted by molar-refractivity contribution is 7.16. The van der Waals surface area contributed by atoms with Crippen molar-refractivity contribution in [2.45, 2.75) is 26.8 Å². The van der Waals surface area contributed by atoms with E-state index < -0.39 is 0 Å². The zero-order valence-corrected chi connectivity index (χ0v) is 11.0. The normalized spacial score (nSPS) is 12.4. The number of nitrogens with zero attached hydrogens (tertiary/aromatic N) is 3. The van der Waals surface area contributed by atoms with E-state index in [2.05, 4.69) is 20.7 Å². The third-order valence-corrected chi connectivity index (χ3v) is 3.26. The molecule has 0 aliphatic rings. The molecule has 2 rings (SSSR count). The lowest BCUT2D eigenvalue weighted by Crippen LogP contribution is -2.27. The van der Waals surface area contributed by atoms with Crippen molar-refractivity contribution in [2.24, 2.45) is 0 Å². The van der Waals surface area contributed by atoms with Crippen molar-refractivity contribution in [1.82, 2.24) is 20.7 Å². The monoisotopic (exact) mass is 267 g/mol. The maximum absolute atomic E-state index is 11.9. The molecule has 0 aliphatic carbocycles. The number of carbonyl (C=O) groups is 1. The fraction of sp³-hybridized carbons (Fsp3) is 0.400. The van der Waals surface area contributed by atoms with Gasteiger partial charge in [-0.15, -0.1) is 10.2 Å². The number of nitrogens with one attached hydrogen (secondary N) is 1. The molecule has 3 N–H and O–H groups in total. The Kier molecular flexibility index (Phi) is 3.28. The van der Waals surface area contributed by atoms with Crippen LogP contribution in [0.2, 0.25) is 0 Å². The summed E-state index contributed by atoms with van der Waals surface area (Å²) in [6.07, 6.45) is 0. The van der Waals surface area contributed by atoms with Gasteiger partial charge in [-0.3, -0.25) is 4.79 Å². The minimum absolute atomic E-state index is 0.214. The summed E-state index contributed by atoms with van der Waals surface area (Å²) >= 11 is 1.05. The van der Waals surface area contributed by atoms with Gasteiger partial charge in [-0.1, -0.05) is 16.5 Å². The molecule has 0 saturated carbocycles. The Balaban J connectivity index is 2.13. The molecule has 96 valence electrons. The van der Waals surface area contributed by atoms with Gasteiger partial charge in [0, 0.05) is 5.56 Å². The SMILES string of the molecule is Cc1noc(C)c1C(C)NC(=O)c1nnc(N)s1. The summed E-state index contributed by atoms with van der Waals surface area (Å²) in [5.74, 6) is 0.383. The number of anilines is 1. The lowest BCUT2D eigenvalue weighted by Gasteiger charge is -2.12. The van der Waals surface area contributed by atoms with Crippen LogP contribution in [0.15, 0.2) is 4.52 Å². The van der Waals surface area contributed by atoms with Crippen molar-refractivity contribution < 1.29 is 9.32 Å². The van der Waals surface area contributed by atoms with E-state index in [1.54, 1.807) is 6.92 Å². The van der Waals surface area contributed by atoms with E-state index in [1.807, 2.05) is 13.8 Å². The molecular weight excluding hydrogens is 254 g/mol. The lowest BCUT2D eigenvalue weighted by molar-refractivity contribution is 0.0938. The summed E-state index contributed by atoms with van der Waals surface area (Å²) in [6.45, 7) is 5.49. The van der Waals surface area contributed by atoms with Gasteiger partial charge in [-0.05, 0) is 20.8 Å². The number of aromatic nitrogens is 3. The van der Waals surface area contributed by atoms with Crippen LogP contribution in [-0.2, 0) is 0 Å². The molecular formula is C10H13N5O2S. The molecule has 1 atom stereocenters. The molecule has 0 saturated heterocycles. The maximum Gasteiger partial charge on any atom is 0.282 e. The average Bonchev–Trinajstić information content (AvgIpc) is 2.85. The van der Waals surface area contributed by atoms with E-state index in [-0.39, 0.29) is 22.1 Å². The Morgan fingerprint density at radius 3 is 2.67 bits per heavy atom. The first-order valence-electron chi connectivity index (χ1n) is 5.31. The Bertz CT molecular complexity index is 557. The van der Waals surface area contributed by atoms with Crippen molar-refractivity contribution in [1.29, 1.82) is 0 Å². The molecule has 8 heteroatoms. The van der Waals surface area contributed by atoms with E-state index >= 15 is 0 Å². The highest BCUT2D eigenvalue weighted by Crippen LogP contribution is 2.21. The summed E-state index contributed by atoms with van der Waals surface area (Å²) in [5.41, 5.74) is 7.07. The zero-order chi connectivity index (χ0) is 13.3. The highest BCUT2D eigenvalue weighted by atomic mass is 32.1. The van der Waals surface area contributed by atoms with Crippen LogP contribution >= 0.6 is 11.3 Å². The van der Waals surface area contributed by atoms with Gasteiger partial charge in [0.25, 0.3) is 5.91 Å². The van der Waals surface area contributed by atoms with Crippen LogP contribution in [0.5, 0.6) is 0 Å². The number of carbonyl (C=O) groups excluding carboxylic acids is 1. The van der Waals surface area contributed by atoms with Gasteiger partial charge < -0.3 is 15.6 Å². The Morgan fingerprint density at radius 1 is 1.44 bits per heavy atom. The second kappa shape index (κ2) is 4.73. The molecule has 2 aromatic rings. The molecule has 0 radical (unpaired) electrons. The number of amides is 1. The predicted molar refractivity (Wildman–Crippen MR) is 66.2 cm³/mol. The quantitative estimate of drug-likeness (QED) is 0.865. The minimum atomic E-state index is -0.309. The predicted octanol–water partition coefficient (Wildman–Crippen LogP) is 1.22. The largest absolute Gasteiger partial charge is 0.374 e. The molecule has 0 aromatic carbocycles. The number of rotatable bonds is 3. The van der Waals surface area contributed by atoms with Gasteiger partial charge in [-0.25, -0.2) is 0 Å². The van der Waals surface area contributed by atoms with Crippen LogP contribution in [-0.4, -0.2) is 21.3 Å². The topological polar surface area (TPSA) is 107 Å². The van der Waals surface area contributed by atoms with E-state index in [9.17, 15) is 4.79 Å². The summed E-state index contributed by atoms with van der Waals surface area (Å²) < 4.78 is 5.06. The van der Waals surface area contributed by atoms with Gasteiger partial charge in [-0.2, -0.15) is 0 Å². The van der Waals surface area contributed by atoms with Crippen molar-refractivity contribution >= 4 is 22.4 Å². The first kappa shape index (κ1) is 12.5. The number of aryl methyl sites for hydroxylation is 2. The second-order valence-electron chi connectivity index (χ2n) is 3.88. The number of nitrogen functional groups attached to an aromatic ring is 1. The second-order valence-corrected chi connectivity index (χ2v) is 4.89. The molecule has 18 heavy (non-hydrogen) atoms. The summed E-state index contributed by atoms with van der Waals surface area (Å²) in [4.78, 5) is 11.9. The van der Waals surface area contributed by atoms with Crippen LogP contribution in [0, 0.1) is 13.8 Å². The molecule has 7 nitrogen and oxygen atoms in total. The maximum atomic E-state index is 11.9.